The molecule has 0 spiro atoms. The van der Waals surface area contributed by atoms with Gasteiger partial charge in [-0.3, -0.25) is 4.79 Å². The van der Waals surface area contributed by atoms with Crippen molar-refractivity contribution in [3.63, 3.8) is 0 Å². The van der Waals surface area contributed by atoms with Crippen LogP contribution in [0, 0.1) is 0 Å². The van der Waals surface area contributed by atoms with Gasteiger partial charge in [0, 0.05) is 36.9 Å². The number of fused-ring (bicyclic) bond motifs is 1. The van der Waals surface area contributed by atoms with Crippen LogP contribution in [0.2, 0.25) is 0 Å². The summed E-state index contributed by atoms with van der Waals surface area (Å²) in [6.07, 6.45) is 3.53. The molecule has 5 nitrogen and oxygen atoms in total. The maximum absolute atomic E-state index is 12.9. The first-order valence-electron chi connectivity index (χ1n) is 8.67. The zero-order valence-electron chi connectivity index (χ0n) is 14.4. The van der Waals surface area contributed by atoms with Crippen LogP contribution in [-0.2, 0) is 5.66 Å². The molecule has 1 N–H and O–H groups in total. The number of hydrogen-bond donors (Lipinski definition) is 1. The molecule has 2 heterocycles. The molecule has 1 amide bonds. The zero-order chi connectivity index (χ0) is 17.3. The number of hydrogen-bond acceptors (Lipinski definition) is 3. The molecule has 4 rings (SSSR count). The summed E-state index contributed by atoms with van der Waals surface area (Å²) in [7, 11) is 2.12. The summed E-state index contributed by atoms with van der Waals surface area (Å²) >= 11 is 0. The molecule has 3 aromatic rings. The summed E-state index contributed by atoms with van der Waals surface area (Å²) in [6, 6.07) is 17.5. The van der Waals surface area contributed by atoms with E-state index in [2.05, 4.69) is 34.5 Å². The number of likely N-dealkylation sites (tertiary alicyclic amines) is 1. The fraction of sp³-hybridized carbons (Fsp3) is 0.300. The quantitative estimate of drug-likeness (QED) is 0.801. The Morgan fingerprint density at radius 1 is 1.04 bits per heavy atom. The largest absolute Gasteiger partial charge is 0.327 e. The van der Waals surface area contributed by atoms with Gasteiger partial charge in [0.05, 0.1) is 11.7 Å². The van der Waals surface area contributed by atoms with E-state index >= 15 is 0 Å². The van der Waals surface area contributed by atoms with Crippen LogP contribution in [0.25, 0.3) is 10.9 Å². The summed E-state index contributed by atoms with van der Waals surface area (Å²) in [5, 5.41) is 9.04. The Balaban J connectivity index is 1.74. The third-order valence-electron chi connectivity index (χ3n) is 5.08. The minimum atomic E-state index is -0.497. The lowest BCUT2D eigenvalue weighted by Crippen LogP contribution is -2.56. The van der Waals surface area contributed by atoms with Crippen LogP contribution in [0.15, 0.2) is 60.8 Å². The molecule has 1 fully saturated rings. The molecule has 0 atom stereocenters. The standard InChI is InChI=1S/C20H22N4O/c1-23-13-11-20(12-14-23,22-19(25)16-7-3-2-4-8-16)24-18-10-6-5-9-17(18)15-21-24/h2-10,15H,11-14H2,1H3,(H,22,25). The lowest BCUT2D eigenvalue weighted by atomic mass is 9.96. The summed E-state index contributed by atoms with van der Waals surface area (Å²) in [5.74, 6) is -0.0512. The normalized spacial score (nSPS) is 17.5. The highest BCUT2D eigenvalue weighted by Crippen LogP contribution is 2.30. The van der Waals surface area contributed by atoms with Gasteiger partial charge in [-0.2, -0.15) is 5.10 Å². The molecule has 2 aromatic carbocycles. The first kappa shape index (κ1) is 15.8. The minimum absolute atomic E-state index is 0.0512. The third-order valence-corrected chi connectivity index (χ3v) is 5.08. The Morgan fingerprint density at radius 2 is 1.72 bits per heavy atom. The molecule has 1 aliphatic heterocycles. The van der Waals surface area contributed by atoms with Crippen LogP contribution in [0.1, 0.15) is 23.2 Å². The number of nitrogens with zero attached hydrogens (tertiary/aromatic N) is 3. The number of carbonyl (C=O) groups excluding carboxylic acids is 1. The Bertz CT molecular complexity index is 879. The number of nitrogens with one attached hydrogen (secondary N) is 1. The predicted molar refractivity (Wildman–Crippen MR) is 98.3 cm³/mol. The monoisotopic (exact) mass is 334 g/mol. The van der Waals surface area contributed by atoms with Gasteiger partial charge in [0.2, 0.25) is 0 Å². The number of benzene rings is 2. The second-order valence-corrected chi connectivity index (χ2v) is 6.77. The van der Waals surface area contributed by atoms with Gasteiger partial charge < -0.3 is 10.2 Å². The second-order valence-electron chi connectivity index (χ2n) is 6.77. The number of amides is 1. The van der Waals surface area contributed by atoms with Crippen molar-refractivity contribution in [2.24, 2.45) is 0 Å². The smallest absolute Gasteiger partial charge is 0.253 e. The first-order valence-corrected chi connectivity index (χ1v) is 8.67. The molecule has 5 heteroatoms. The van der Waals surface area contributed by atoms with Crippen molar-refractivity contribution >= 4 is 16.8 Å². The van der Waals surface area contributed by atoms with Crippen molar-refractivity contribution in [2.75, 3.05) is 20.1 Å². The average molecular weight is 334 g/mol. The highest BCUT2D eigenvalue weighted by atomic mass is 16.2. The average Bonchev–Trinajstić information content (AvgIpc) is 3.09. The molecule has 1 saturated heterocycles. The number of carbonyl (C=O) groups is 1. The van der Waals surface area contributed by atoms with Gasteiger partial charge in [-0.15, -0.1) is 0 Å². The number of piperidine rings is 1. The van der Waals surface area contributed by atoms with Gasteiger partial charge in [0.15, 0.2) is 0 Å². The highest BCUT2D eigenvalue weighted by molar-refractivity contribution is 5.94. The van der Waals surface area contributed by atoms with E-state index in [9.17, 15) is 4.79 Å². The molecular weight excluding hydrogens is 312 g/mol. The van der Waals surface area contributed by atoms with Gasteiger partial charge in [-0.1, -0.05) is 36.4 Å². The van der Waals surface area contributed by atoms with E-state index in [1.165, 1.54) is 0 Å². The minimum Gasteiger partial charge on any atom is -0.327 e. The summed E-state index contributed by atoms with van der Waals surface area (Å²) in [5.41, 5.74) is 1.24. The Hall–Kier alpha value is -2.66. The Kier molecular flexibility index (Phi) is 4.01. The van der Waals surface area contributed by atoms with E-state index in [0.717, 1.165) is 36.8 Å². The second kappa shape index (κ2) is 6.33. The van der Waals surface area contributed by atoms with E-state index in [-0.39, 0.29) is 5.91 Å². The third kappa shape index (κ3) is 2.91. The summed E-state index contributed by atoms with van der Waals surface area (Å²) in [6.45, 7) is 1.84. The number of aromatic nitrogens is 2. The molecule has 0 saturated carbocycles. The SMILES string of the molecule is CN1CCC(NC(=O)c2ccccc2)(n2ncc3ccccc32)CC1. The van der Waals surface area contributed by atoms with Crippen LogP contribution in [0.5, 0.6) is 0 Å². The van der Waals surface area contributed by atoms with Gasteiger partial charge in [-0.05, 0) is 25.2 Å². The molecule has 128 valence electrons. The Morgan fingerprint density at radius 3 is 2.48 bits per heavy atom. The van der Waals surface area contributed by atoms with E-state index in [0.29, 0.717) is 5.56 Å². The molecule has 0 aliphatic carbocycles. The van der Waals surface area contributed by atoms with Crippen molar-refractivity contribution in [3.8, 4) is 0 Å². The molecule has 1 aromatic heterocycles. The molecule has 0 unspecified atom stereocenters. The van der Waals surface area contributed by atoms with E-state index in [4.69, 9.17) is 0 Å². The predicted octanol–water partition coefficient (Wildman–Crippen LogP) is 2.84. The molecule has 1 aliphatic rings. The number of para-hydroxylation sites is 1. The van der Waals surface area contributed by atoms with Crippen molar-refractivity contribution < 1.29 is 4.79 Å². The van der Waals surface area contributed by atoms with E-state index in [1.54, 1.807) is 0 Å². The lowest BCUT2D eigenvalue weighted by molar-refractivity contribution is 0.0622. The van der Waals surface area contributed by atoms with Crippen molar-refractivity contribution in [2.45, 2.75) is 18.5 Å². The maximum atomic E-state index is 12.9. The maximum Gasteiger partial charge on any atom is 0.253 e. The van der Waals surface area contributed by atoms with Crippen molar-refractivity contribution in [3.05, 3.63) is 66.4 Å². The molecule has 0 bridgehead atoms. The van der Waals surface area contributed by atoms with Crippen LogP contribution in [0.4, 0.5) is 0 Å². The fourth-order valence-corrected chi connectivity index (χ4v) is 3.56. The van der Waals surface area contributed by atoms with Gasteiger partial charge in [-0.25, -0.2) is 4.68 Å². The van der Waals surface area contributed by atoms with Crippen LogP contribution in [-0.4, -0.2) is 40.7 Å². The van der Waals surface area contributed by atoms with Crippen LogP contribution < -0.4 is 5.32 Å². The Labute approximate surface area is 147 Å². The molecule has 25 heavy (non-hydrogen) atoms. The zero-order valence-corrected chi connectivity index (χ0v) is 14.4. The summed E-state index contributed by atoms with van der Waals surface area (Å²) < 4.78 is 2.01. The fourth-order valence-electron chi connectivity index (χ4n) is 3.56. The topological polar surface area (TPSA) is 50.2 Å². The molecule has 0 radical (unpaired) electrons. The number of rotatable bonds is 3. The summed E-state index contributed by atoms with van der Waals surface area (Å²) in [4.78, 5) is 15.2. The highest BCUT2D eigenvalue weighted by Gasteiger charge is 2.38. The van der Waals surface area contributed by atoms with Crippen LogP contribution in [0.3, 0.4) is 0 Å². The lowest BCUT2D eigenvalue weighted by Gasteiger charge is -2.41. The molecular formula is C20H22N4O. The first-order chi connectivity index (χ1) is 12.2. The van der Waals surface area contributed by atoms with Crippen molar-refractivity contribution in [1.29, 1.82) is 0 Å². The van der Waals surface area contributed by atoms with Gasteiger partial charge >= 0.3 is 0 Å². The van der Waals surface area contributed by atoms with Crippen molar-refractivity contribution in [1.82, 2.24) is 20.0 Å². The van der Waals surface area contributed by atoms with Crippen LogP contribution >= 0.6 is 0 Å². The van der Waals surface area contributed by atoms with Gasteiger partial charge in [0.25, 0.3) is 5.91 Å². The van der Waals surface area contributed by atoms with E-state index in [1.807, 2.05) is 53.3 Å². The van der Waals surface area contributed by atoms with Gasteiger partial charge in [0.1, 0.15) is 5.66 Å². The van der Waals surface area contributed by atoms with E-state index < -0.39 is 5.66 Å².